The van der Waals surface area contributed by atoms with Crippen molar-refractivity contribution in [1.82, 2.24) is 4.90 Å². The van der Waals surface area contributed by atoms with Crippen LogP contribution in [-0.2, 0) is 6.54 Å². The molecule has 0 saturated carbocycles. The Hall–Kier alpha value is -1.94. The van der Waals surface area contributed by atoms with Crippen molar-refractivity contribution in [1.29, 1.82) is 0 Å². The number of carbonyl (C=O) groups excluding carboxylic acids is 1. The highest BCUT2D eigenvalue weighted by atomic mass is 32.2. The van der Waals surface area contributed by atoms with Crippen LogP contribution < -0.4 is 5.32 Å². The van der Waals surface area contributed by atoms with E-state index in [-0.39, 0.29) is 6.03 Å². The van der Waals surface area contributed by atoms with Crippen LogP contribution in [0.1, 0.15) is 5.56 Å². The first-order valence-corrected chi connectivity index (χ1v) is 7.63. The molecule has 20 heavy (non-hydrogen) atoms. The first kappa shape index (κ1) is 13.1. The molecule has 102 valence electrons. The minimum atomic E-state index is -0.0338. The van der Waals surface area contributed by atoms with Gasteiger partial charge < -0.3 is 10.2 Å². The zero-order valence-electron chi connectivity index (χ0n) is 11.1. The summed E-state index contributed by atoms with van der Waals surface area (Å²) in [7, 11) is 0. The fraction of sp³-hybridized carbons (Fsp3) is 0.188. The second kappa shape index (κ2) is 6.01. The second-order valence-electron chi connectivity index (χ2n) is 4.67. The summed E-state index contributed by atoms with van der Waals surface area (Å²) >= 11 is 1.82. The van der Waals surface area contributed by atoms with Crippen molar-refractivity contribution in [3.8, 4) is 0 Å². The maximum absolute atomic E-state index is 12.3. The number of benzene rings is 2. The predicted octanol–water partition coefficient (Wildman–Crippen LogP) is 3.83. The Morgan fingerprint density at radius 2 is 1.80 bits per heavy atom. The lowest BCUT2D eigenvalue weighted by atomic mass is 10.2. The minimum Gasteiger partial charge on any atom is -0.319 e. The van der Waals surface area contributed by atoms with Crippen LogP contribution in [0.25, 0.3) is 0 Å². The van der Waals surface area contributed by atoms with Crippen LogP contribution in [0.4, 0.5) is 10.5 Å². The third-order valence-corrected chi connectivity index (χ3v) is 4.36. The van der Waals surface area contributed by atoms with Crippen LogP contribution in [0.3, 0.4) is 0 Å². The monoisotopic (exact) mass is 284 g/mol. The van der Waals surface area contributed by atoms with Gasteiger partial charge in [-0.2, -0.15) is 0 Å². The summed E-state index contributed by atoms with van der Waals surface area (Å²) in [4.78, 5) is 15.5. The van der Waals surface area contributed by atoms with Crippen molar-refractivity contribution in [3.05, 3.63) is 60.2 Å². The number of hydrogen-bond acceptors (Lipinski definition) is 2. The summed E-state index contributed by atoms with van der Waals surface area (Å²) in [5, 5.41) is 2.95. The van der Waals surface area contributed by atoms with Gasteiger partial charge in [0.05, 0.1) is 0 Å². The highest BCUT2D eigenvalue weighted by Crippen LogP contribution is 2.27. The van der Waals surface area contributed by atoms with Crippen molar-refractivity contribution in [3.63, 3.8) is 0 Å². The van der Waals surface area contributed by atoms with E-state index in [9.17, 15) is 4.79 Å². The lowest BCUT2D eigenvalue weighted by Gasteiger charge is -2.21. The predicted molar refractivity (Wildman–Crippen MR) is 83.0 cm³/mol. The Balaban J connectivity index is 1.73. The van der Waals surface area contributed by atoms with Crippen molar-refractivity contribution in [2.24, 2.45) is 0 Å². The molecule has 3 nitrogen and oxygen atoms in total. The maximum Gasteiger partial charge on any atom is 0.322 e. The van der Waals surface area contributed by atoms with Gasteiger partial charge in [-0.05, 0) is 23.8 Å². The van der Waals surface area contributed by atoms with E-state index in [1.165, 1.54) is 10.5 Å². The highest BCUT2D eigenvalue weighted by Gasteiger charge is 2.18. The quantitative estimate of drug-likeness (QED) is 0.863. The molecule has 1 aliphatic heterocycles. The van der Waals surface area contributed by atoms with Gasteiger partial charge in [-0.25, -0.2) is 4.79 Å². The van der Waals surface area contributed by atoms with Crippen LogP contribution in [0.2, 0.25) is 0 Å². The number of amides is 2. The Kier molecular flexibility index (Phi) is 3.92. The zero-order valence-corrected chi connectivity index (χ0v) is 11.9. The van der Waals surface area contributed by atoms with Crippen LogP contribution in [0, 0.1) is 0 Å². The van der Waals surface area contributed by atoms with Crippen molar-refractivity contribution < 1.29 is 4.79 Å². The number of thioether (sulfide) groups is 1. The number of rotatable bonds is 1. The van der Waals surface area contributed by atoms with Gasteiger partial charge >= 0.3 is 6.03 Å². The number of nitrogens with one attached hydrogen (secondary N) is 1. The van der Waals surface area contributed by atoms with Gasteiger partial charge in [-0.1, -0.05) is 36.4 Å². The average molecular weight is 284 g/mol. The van der Waals surface area contributed by atoms with E-state index in [0.717, 1.165) is 18.0 Å². The molecule has 1 N–H and O–H groups in total. The Morgan fingerprint density at radius 3 is 2.65 bits per heavy atom. The molecule has 0 fully saturated rings. The van der Waals surface area contributed by atoms with Gasteiger partial charge in [0.1, 0.15) is 0 Å². The van der Waals surface area contributed by atoms with Crippen molar-refractivity contribution in [2.45, 2.75) is 11.4 Å². The minimum absolute atomic E-state index is 0.0338. The molecule has 0 atom stereocenters. The summed E-state index contributed by atoms with van der Waals surface area (Å²) in [5.41, 5.74) is 2.06. The molecule has 2 amide bonds. The smallest absolute Gasteiger partial charge is 0.319 e. The van der Waals surface area contributed by atoms with E-state index < -0.39 is 0 Å². The standard InChI is InChI=1S/C16H16N2OS/c19-16(17-14-7-2-1-3-8-14)18-10-11-20-15-9-5-4-6-13(15)12-18/h1-9H,10-12H2,(H,17,19). The van der Waals surface area contributed by atoms with Gasteiger partial charge in [0.2, 0.25) is 0 Å². The third kappa shape index (κ3) is 2.96. The third-order valence-electron chi connectivity index (χ3n) is 3.26. The Bertz CT molecular complexity index is 600. The molecule has 2 aromatic carbocycles. The number of urea groups is 1. The SMILES string of the molecule is O=C(Nc1ccccc1)N1CCSc2ccccc2C1. The molecule has 1 aliphatic rings. The molecule has 0 saturated heterocycles. The molecule has 0 unspecified atom stereocenters. The van der Waals surface area contributed by atoms with Crippen LogP contribution in [0.5, 0.6) is 0 Å². The fourth-order valence-electron chi connectivity index (χ4n) is 2.22. The molecule has 0 spiro atoms. The molecule has 4 heteroatoms. The molecular weight excluding hydrogens is 268 g/mol. The summed E-state index contributed by atoms with van der Waals surface area (Å²) in [6.45, 7) is 1.43. The van der Waals surface area contributed by atoms with E-state index >= 15 is 0 Å². The molecule has 1 heterocycles. The number of anilines is 1. The average Bonchev–Trinajstić information content (AvgIpc) is 2.70. The fourth-order valence-corrected chi connectivity index (χ4v) is 3.25. The number of nitrogens with zero attached hydrogens (tertiary/aromatic N) is 1. The van der Waals surface area contributed by atoms with Gasteiger partial charge in [-0.15, -0.1) is 11.8 Å². The first-order chi connectivity index (χ1) is 9.83. The zero-order chi connectivity index (χ0) is 13.8. The van der Waals surface area contributed by atoms with Gasteiger partial charge in [0.25, 0.3) is 0 Å². The van der Waals surface area contributed by atoms with Gasteiger partial charge in [0, 0.05) is 29.4 Å². The van der Waals surface area contributed by atoms with Crippen LogP contribution in [0.15, 0.2) is 59.5 Å². The van der Waals surface area contributed by atoms with Crippen LogP contribution in [-0.4, -0.2) is 23.2 Å². The number of fused-ring (bicyclic) bond motifs is 1. The van der Waals surface area contributed by atoms with Gasteiger partial charge in [-0.3, -0.25) is 0 Å². The van der Waals surface area contributed by atoms with E-state index in [0.29, 0.717) is 6.54 Å². The van der Waals surface area contributed by atoms with Crippen molar-refractivity contribution in [2.75, 3.05) is 17.6 Å². The summed E-state index contributed by atoms with van der Waals surface area (Å²) in [6, 6.07) is 17.8. The van der Waals surface area contributed by atoms with Gasteiger partial charge in [0.15, 0.2) is 0 Å². The Morgan fingerprint density at radius 1 is 1.05 bits per heavy atom. The lowest BCUT2D eigenvalue weighted by Crippen LogP contribution is -2.35. The normalized spacial score (nSPS) is 14.3. The lowest BCUT2D eigenvalue weighted by molar-refractivity contribution is 0.212. The molecule has 0 aliphatic carbocycles. The highest BCUT2D eigenvalue weighted by molar-refractivity contribution is 7.99. The molecule has 0 bridgehead atoms. The summed E-state index contributed by atoms with van der Waals surface area (Å²) in [6.07, 6.45) is 0. The van der Waals surface area contributed by atoms with E-state index in [2.05, 4.69) is 17.4 Å². The topological polar surface area (TPSA) is 32.3 Å². The van der Waals surface area contributed by atoms with E-state index in [1.807, 2.05) is 59.1 Å². The van der Waals surface area contributed by atoms with Crippen molar-refractivity contribution >= 4 is 23.5 Å². The van der Waals surface area contributed by atoms with E-state index in [1.54, 1.807) is 0 Å². The largest absolute Gasteiger partial charge is 0.322 e. The molecule has 0 radical (unpaired) electrons. The van der Waals surface area contributed by atoms with Crippen LogP contribution >= 0.6 is 11.8 Å². The number of hydrogen-bond donors (Lipinski definition) is 1. The maximum atomic E-state index is 12.3. The summed E-state index contributed by atoms with van der Waals surface area (Å²) in [5.74, 6) is 0.930. The summed E-state index contributed by atoms with van der Waals surface area (Å²) < 4.78 is 0. The Labute approximate surface area is 123 Å². The first-order valence-electron chi connectivity index (χ1n) is 6.64. The molecular formula is C16H16N2OS. The number of para-hydroxylation sites is 1. The number of carbonyl (C=O) groups is 1. The molecule has 2 aromatic rings. The molecule has 0 aromatic heterocycles. The second-order valence-corrected chi connectivity index (χ2v) is 5.81. The van der Waals surface area contributed by atoms with E-state index in [4.69, 9.17) is 0 Å². The molecule has 3 rings (SSSR count).